The van der Waals surface area contributed by atoms with Crippen molar-refractivity contribution >= 4 is 21.4 Å². The zero-order valence-corrected chi connectivity index (χ0v) is 19.1. The van der Waals surface area contributed by atoms with E-state index in [1.807, 2.05) is 23.1 Å². The van der Waals surface area contributed by atoms with Crippen molar-refractivity contribution in [3.8, 4) is 6.07 Å². The highest BCUT2D eigenvalue weighted by Gasteiger charge is 2.29. The molecule has 1 heterocycles. The molecule has 1 saturated heterocycles. The van der Waals surface area contributed by atoms with Crippen molar-refractivity contribution in [3.05, 3.63) is 63.7 Å². The SMILES string of the molecule is CCN(CC)S(=O)(=O)c1ccc(N2CCN(Cc3ccccc3C#N)CC2)c([N+](=O)[O-])c1. The Morgan fingerprint density at radius 1 is 1.09 bits per heavy atom. The van der Waals surface area contributed by atoms with E-state index in [1.165, 1.54) is 22.5 Å². The second-order valence-electron chi connectivity index (χ2n) is 7.53. The number of hydrogen-bond donors (Lipinski definition) is 0. The van der Waals surface area contributed by atoms with Gasteiger partial charge in [0.15, 0.2) is 0 Å². The van der Waals surface area contributed by atoms with Crippen molar-refractivity contribution in [1.29, 1.82) is 5.26 Å². The molecule has 1 fully saturated rings. The van der Waals surface area contributed by atoms with Gasteiger partial charge in [-0.15, -0.1) is 0 Å². The van der Waals surface area contributed by atoms with Gasteiger partial charge in [-0.25, -0.2) is 8.42 Å². The van der Waals surface area contributed by atoms with Crippen molar-refractivity contribution in [2.75, 3.05) is 44.2 Å². The fourth-order valence-electron chi connectivity index (χ4n) is 3.94. The molecule has 0 bridgehead atoms. The van der Waals surface area contributed by atoms with Gasteiger partial charge in [0.25, 0.3) is 5.69 Å². The molecule has 32 heavy (non-hydrogen) atoms. The minimum absolute atomic E-state index is 0.0663. The molecule has 0 amide bonds. The molecule has 170 valence electrons. The van der Waals surface area contributed by atoms with Crippen molar-refractivity contribution < 1.29 is 13.3 Å². The van der Waals surface area contributed by atoms with Crippen molar-refractivity contribution in [3.63, 3.8) is 0 Å². The Morgan fingerprint density at radius 2 is 1.75 bits per heavy atom. The van der Waals surface area contributed by atoms with Gasteiger partial charge in [0.05, 0.1) is 21.5 Å². The fraction of sp³-hybridized carbons (Fsp3) is 0.409. The van der Waals surface area contributed by atoms with Gasteiger partial charge in [-0.05, 0) is 23.8 Å². The number of hydrogen-bond acceptors (Lipinski definition) is 7. The Bertz CT molecular complexity index is 1120. The van der Waals surface area contributed by atoms with E-state index in [4.69, 9.17) is 0 Å². The summed E-state index contributed by atoms with van der Waals surface area (Å²) in [4.78, 5) is 15.3. The summed E-state index contributed by atoms with van der Waals surface area (Å²) in [5, 5.41) is 21.0. The Labute approximate surface area is 188 Å². The van der Waals surface area contributed by atoms with Gasteiger partial charge in [-0.1, -0.05) is 32.0 Å². The number of piperazine rings is 1. The Balaban J connectivity index is 1.78. The lowest BCUT2D eigenvalue weighted by molar-refractivity contribution is -0.384. The predicted molar refractivity (Wildman–Crippen MR) is 122 cm³/mol. The highest BCUT2D eigenvalue weighted by Crippen LogP contribution is 2.32. The van der Waals surface area contributed by atoms with Crippen LogP contribution in [0.1, 0.15) is 25.0 Å². The first kappa shape index (κ1) is 23.7. The maximum absolute atomic E-state index is 12.8. The normalized spacial score (nSPS) is 15.0. The highest BCUT2D eigenvalue weighted by molar-refractivity contribution is 7.89. The second-order valence-corrected chi connectivity index (χ2v) is 9.47. The third kappa shape index (κ3) is 4.91. The van der Waals surface area contributed by atoms with Crippen molar-refractivity contribution in [1.82, 2.24) is 9.21 Å². The highest BCUT2D eigenvalue weighted by atomic mass is 32.2. The third-order valence-electron chi connectivity index (χ3n) is 5.73. The van der Waals surface area contributed by atoms with E-state index >= 15 is 0 Å². The predicted octanol–water partition coefficient (Wildman–Crippen LogP) is 2.82. The number of nitrogens with zero attached hydrogens (tertiary/aromatic N) is 5. The zero-order valence-electron chi connectivity index (χ0n) is 18.3. The van der Waals surface area contributed by atoms with Crippen LogP contribution in [0.3, 0.4) is 0 Å². The molecule has 0 unspecified atom stereocenters. The molecule has 0 N–H and O–H groups in total. The lowest BCUT2D eigenvalue weighted by atomic mass is 10.1. The van der Waals surface area contributed by atoms with Gasteiger partial charge in [0, 0.05) is 51.9 Å². The van der Waals surface area contributed by atoms with Crippen LogP contribution in [0.25, 0.3) is 0 Å². The maximum atomic E-state index is 12.8. The van der Waals surface area contributed by atoms with E-state index in [1.54, 1.807) is 19.9 Å². The number of nitro groups is 1. The molecule has 0 aromatic heterocycles. The molecule has 2 aromatic carbocycles. The molecular weight excluding hydrogens is 430 g/mol. The minimum atomic E-state index is -3.78. The molecule has 0 spiro atoms. The van der Waals surface area contributed by atoms with Gasteiger partial charge >= 0.3 is 0 Å². The van der Waals surface area contributed by atoms with Crippen molar-refractivity contribution in [2.24, 2.45) is 0 Å². The standard InChI is InChI=1S/C22H27N5O4S/c1-3-26(4-2)32(30,31)20-9-10-21(22(15-20)27(28)29)25-13-11-24(12-14-25)17-19-8-6-5-7-18(19)16-23/h5-10,15H,3-4,11-14,17H2,1-2H3. The van der Waals surface area contributed by atoms with Crippen LogP contribution in [-0.4, -0.2) is 61.8 Å². The van der Waals surface area contributed by atoms with E-state index in [0.29, 0.717) is 57.1 Å². The van der Waals surface area contributed by atoms with E-state index < -0.39 is 14.9 Å². The third-order valence-corrected chi connectivity index (χ3v) is 7.78. The molecule has 1 aliphatic heterocycles. The second kappa shape index (κ2) is 10.1. The first-order valence-corrected chi connectivity index (χ1v) is 12.0. The Hall–Kier alpha value is -3.00. The van der Waals surface area contributed by atoms with Crippen molar-refractivity contribution in [2.45, 2.75) is 25.3 Å². The lowest BCUT2D eigenvalue weighted by Crippen LogP contribution is -2.46. The first-order valence-electron chi connectivity index (χ1n) is 10.6. The number of rotatable bonds is 8. The average Bonchev–Trinajstić information content (AvgIpc) is 2.80. The summed E-state index contributed by atoms with van der Waals surface area (Å²) < 4.78 is 26.9. The van der Waals surface area contributed by atoms with Gasteiger partial charge < -0.3 is 4.90 Å². The molecule has 10 heteroatoms. The van der Waals surface area contributed by atoms with Crippen LogP contribution in [0.15, 0.2) is 47.4 Å². The topological polar surface area (TPSA) is 111 Å². The summed E-state index contributed by atoms with van der Waals surface area (Å²) in [7, 11) is -3.78. The van der Waals surface area contributed by atoms with Crippen LogP contribution in [0.2, 0.25) is 0 Å². The summed E-state index contributed by atoms with van der Waals surface area (Å²) in [6.45, 7) is 7.19. The molecule has 9 nitrogen and oxygen atoms in total. The number of nitriles is 1. The van der Waals surface area contributed by atoms with E-state index in [-0.39, 0.29) is 10.6 Å². The number of benzene rings is 2. The van der Waals surface area contributed by atoms with Crippen LogP contribution in [0.5, 0.6) is 0 Å². The van der Waals surface area contributed by atoms with Crippen LogP contribution in [0, 0.1) is 21.4 Å². The van der Waals surface area contributed by atoms with E-state index in [2.05, 4.69) is 11.0 Å². The van der Waals surface area contributed by atoms with Crippen LogP contribution in [0.4, 0.5) is 11.4 Å². The van der Waals surface area contributed by atoms with Crippen LogP contribution < -0.4 is 4.90 Å². The quantitative estimate of drug-likeness (QED) is 0.443. The molecular formula is C22H27N5O4S. The lowest BCUT2D eigenvalue weighted by Gasteiger charge is -2.36. The Morgan fingerprint density at radius 3 is 2.34 bits per heavy atom. The molecule has 0 atom stereocenters. The number of sulfonamides is 1. The summed E-state index contributed by atoms with van der Waals surface area (Å²) in [5.74, 6) is 0. The molecule has 3 rings (SSSR count). The summed E-state index contributed by atoms with van der Waals surface area (Å²) in [6.07, 6.45) is 0. The number of nitro benzene ring substituents is 1. The summed E-state index contributed by atoms with van der Waals surface area (Å²) >= 11 is 0. The fourth-order valence-corrected chi connectivity index (χ4v) is 5.42. The van der Waals surface area contributed by atoms with E-state index in [0.717, 1.165) is 5.56 Å². The molecule has 0 saturated carbocycles. The molecule has 0 radical (unpaired) electrons. The number of anilines is 1. The van der Waals surface area contributed by atoms with Crippen LogP contribution in [-0.2, 0) is 16.6 Å². The average molecular weight is 458 g/mol. The summed E-state index contributed by atoms with van der Waals surface area (Å²) in [5.41, 5.74) is 1.82. The first-order chi connectivity index (χ1) is 15.3. The largest absolute Gasteiger partial charge is 0.363 e. The van der Waals surface area contributed by atoms with Gasteiger partial charge in [0.2, 0.25) is 10.0 Å². The van der Waals surface area contributed by atoms with Gasteiger partial charge in [-0.3, -0.25) is 15.0 Å². The zero-order chi connectivity index (χ0) is 23.3. The minimum Gasteiger partial charge on any atom is -0.363 e. The Kier molecular flexibility index (Phi) is 7.45. The summed E-state index contributed by atoms with van der Waals surface area (Å²) in [6, 6.07) is 13.8. The van der Waals surface area contributed by atoms with Gasteiger partial charge in [0.1, 0.15) is 5.69 Å². The van der Waals surface area contributed by atoms with Gasteiger partial charge in [-0.2, -0.15) is 9.57 Å². The maximum Gasteiger partial charge on any atom is 0.293 e. The monoisotopic (exact) mass is 457 g/mol. The smallest absolute Gasteiger partial charge is 0.293 e. The molecule has 2 aromatic rings. The molecule has 1 aliphatic rings. The molecule has 0 aliphatic carbocycles. The van der Waals surface area contributed by atoms with Crippen LogP contribution >= 0.6 is 0 Å². The van der Waals surface area contributed by atoms with E-state index in [9.17, 15) is 23.8 Å².